The summed E-state index contributed by atoms with van der Waals surface area (Å²) in [5.74, 6) is -0.254. The molecule has 0 saturated heterocycles. The predicted molar refractivity (Wildman–Crippen MR) is 124 cm³/mol. The van der Waals surface area contributed by atoms with Crippen LogP contribution in [-0.4, -0.2) is 30.6 Å². The summed E-state index contributed by atoms with van der Waals surface area (Å²) in [5.41, 5.74) is 4.01. The van der Waals surface area contributed by atoms with Crippen molar-refractivity contribution in [3.8, 4) is 17.1 Å². The van der Waals surface area contributed by atoms with Gasteiger partial charge in [-0.15, -0.1) is 0 Å². The highest BCUT2D eigenvalue weighted by molar-refractivity contribution is 6.02. The summed E-state index contributed by atoms with van der Waals surface area (Å²) in [4.78, 5) is 16.7. The minimum atomic E-state index is -0.327. The number of carbonyl (C=O) groups is 1. The van der Waals surface area contributed by atoms with E-state index in [1.807, 2.05) is 24.4 Å². The third-order valence-corrected chi connectivity index (χ3v) is 5.09. The lowest BCUT2D eigenvalue weighted by atomic mass is 10.2. The monoisotopic (exact) mass is 439 g/mol. The number of anilines is 1. The van der Waals surface area contributed by atoms with Crippen LogP contribution < -0.4 is 5.32 Å². The number of rotatable bonds is 5. The van der Waals surface area contributed by atoms with Gasteiger partial charge in [0.15, 0.2) is 5.82 Å². The van der Waals surface area contributed by atoms with Crippen LogP contribution in [0.4, 0.5) is 10.1 Å². The van der Waals surface area contributed by atoms with Crippen LogP contribution in [0.2, 0.25) is 0 Å². The third-order valence-electron chi connectivity index (χ3n) is 5.09. The number of hydrogen-bond acceptors (Lipinski definition) is 4. The maximum atomic E-state index is 13.0. The number of carbonyl (C=O) groups excluding carboxylic acids is 1. The number of fused-ring (bicyclic) bond motifs is 1. The lowest BCUT2D eigenvalue weighted by Crippen LogP contribution is -2.07. The summed E-state index contributed by atoms with van der Waals surface area (Å²) in [7, 11) is 0. The Hall–Kier alpha value is -4.72. The van der Waals surface area contributed by atoms with E-state index < -0.39 is 0 Å². The second-order valence-electron chi connectivity index (χ2n) is 7.32. The van der Waals surface area contributed by atoms with Crippen molar-refractivity contribution in [3.63, 3.8) is 0 Å². The van der Waals surface area contributed by atoms with Crippen LogP contribution >= 0.6 is 0 Å². The smallest absolute Gasteiger partial charge is 0.248 e. The molecule has 0 unspecified atom stereocenters. The first kappa shape index (κ1) is 20.2. The largest absolute Gasteiger partial charge is 0.426 e. The molecule has 3 aromatic carbocycles. The highest BCUT2D eigenvalue weighted by atomic mass is 19.1. The number of aromatic nitrogens is 4. The van der Waals surface area contributed by atoms with Gasteiger partial charge in [0.05, 0.1) is 11.2 Å². The lowest BCUT2D eigenvalue weighted by molar-refractivity contribution is -0.111. The van der Waals surface area contributed by atoms with Gasteiger partial charge in [0.2, 0.25) is 5.91 Å². The molecule has 5 aromatic rings. The summed E-state index contributed by atoms with van der Waals surface area (Å²) < 4.78 is 15.7. The van der Waals surface area contributed by atoms with Gasteiger partial charge in [-0.05, 0) is 72.3 Å². The number of benzene rings is 3. The Labute approximate surface area is 188 Å². The Kier molecular flexibility index (Phi) is 5.16. The molecule has 0 fully saturated rings. The Balaban J connectivity index is 1.33. The van der Waals surface area contributed by atoms with Crippen molar-refractivity contribution in [1.29, 1.82) is 0 Å². The molecule has 0 radical (unpaired) electrons. The lowest BCUT2D eigenvalue weighted by Gasteiger charge is -2.05. The molecular formula is C25H18FN5O2. The van der Waals surface area contributed by atoms with Crippen LogP contribution in [0.3, 0.4) is 0 Å². The van der Waals surface area contributed by atoms with E-state index in [0.717, 1.165) is 16.0 Å². The molecule has 5 rings (SSSR count). The van der Waals surface area contributed by atoms with E-state index >= 15 is 0 Å². The molecule has 7 nitrogen and oxygen atoms in total. The van der Waals surface area contributed by atoms with Crippen LogP contribution in [0.25, 0.3) is 34.2 Å². The van der Waals surface area contributed by atoms with Gasteiger partial charge in [0.25, 0.3) is 0 Å². The molecule has 2 aromatic heterocycles. The van der Waals surface area contributed by atoms with Crippen LogP contribution in [0.1, 0.15) is 5.56 Å². The summed E-state index contributed by atoms with van der Waals surface area (Å²) in [5, 5.41) is 17.7. The van der Waals surface area contributed by atoms with Gasteiger partial charge < -0.3 is 10.5 Å². The van der Waals surface area contributed by atoms with E-state index in [1.165, 1.54) is 18.2 Å². The number of hydrogen-bond donors (Lipinski definition) is 2. The van der Waals surface area contributed by atoms with Crippen molar-refractivity contribution >= 4 is 28.7 Å². The zero-order valence-corrected chi connectivity index (χ0v) is 17.3. The average Bonchev–Trinajstić information content (AvgIpc) is 3.48. The minimum Gasteiger partial charge on any atom is -0.426 e. The van der Waals surface area contributed by atoms with Crippen molar-refractivity contribution in [1.82, 2.24) is 19.5 Å². The van der Waals surface area contributed by atoms with Gasteiger partial charge in [-0.25, -0.2) is 14.1 Å². The summed E-state index contributed by atoms with van der Waals surface area (Å²) in [6.07, 6.45) is 6.49. The van der Waals surface area contributed by atoms with Gasteiger partial charge in [-0.3, -0.25) is 4.79 Å². The molecule has 0 saturated carbocycles. The number of imidazole rings is 1. The van der Waals surface area contributed by atoms with E-state index in [9.17, 15) is 14.4 Å². The van der Waals surface area contributed by atoms with E-state index in [-0.39, 0.29) is 11.7 Å². The molecule has 8 heteroatoms. The van der Waals surface area contributed by atoms with Gasteiger partial charge >= 0.3 is 0 Å². The fourth-order valence-electron chi connectivity index (χ4n) is 3.43. The molecule has 2 heterocycles. The number of nitrogens with zero attached hydrogens (tertiary/aromatic N) is 4. The molecule has 0 aliphatic heterocycles. The SMILES string of the molecule is O=C(/C=C/c1ccc(F)cc1)Nc1ccc(-c2nc3ccc(-n4cccn4)cc3n2O)cc1. The molecule has 0 aliphatic rings. The van der Waals surface area contributed by atoms with E-state index in [0.29, 0.717) is 28.1 Å². The van der Waals surface area contributed by atoms with Crippen LogP contribution in [-0.2, 0) is 4.79 Å². The van der Waals surface area contributed by atoms with E-state index in [4.69, 9.17) is 0 Å². The standard InChI is InChI=1S/C25H18FN5O2/c26-19-7-2-17(3-8-19)4-13-24(32)28-20-9-5-18(6-10-20)25-29-22-12-11-21(16-23(22)31(25)33)30-15-1-14-27-30/h1-16,33H,(H,28,32)/b13-4+. The van der Waals surface area contributed by atoms with Gasteiger partial charge in [-0.1, -0.05) is 12.1 Å². The minimum absolute atomic E-state index is 0.312. The quantitative estimate of drug-likeness (QED) is 0.301. The van der Waals surface area contributed by atoms with Crippen molar-refractivity contribution < 1.29 is 14.4 Å². The normalized spacial score (nSPS) is 11.3. The summed E-state index contributed by atoms with van der Waals surface area (Å²) in [6.45, 7) is 0. The van der Waals surface area contributed by atoms with E-state index in [1.54, 1.807) is 59.4 Å². The second kappa shape index (κ2) is 8.43. The Morgan fingerprint density at radius 3 is 2.55 bits per heavy atom. The van der Waals surface area contributed by atoms with Gasteiger partial charge in [0.1, 0.15) is 11.3 Å². The third kappa shape index (κ3) is 4.22. The molecule has 0 spiro atoms. The molecule has 162 valence electrons. The van der Waals surface area contributed by atoms with Crippen LogP contribution in [0.15, 0.2) is 91.3 Å². The van der Waals surface area contributed by atoms with Crippen molar-refractivity contribution in [2.75, 3.05) is 5.32 Å². The fraction of sp³-hybridized carbons (Fsp3) is 0. The zero-order chi connectivity index (χ0) is 22.8. The molecule has 1 amide bonds. The van der Waals surface area contributed by atoms with Crippen LogP contribution in [0.5, 0.6) is 0 Å². The Bertz CT molecular complexity index is 1450. The zero-order valence-electron chi connectivity index (χ0n) is 17.3. The first-order valence-corrected chi connectivity index (χ1v) is 10.1. The average molecular weight is 439 g/mol. The number of halogens is 1. The fourth-order valence-corrected chi connectivity index (χ4v) is 3.43. The maximum Gasteiger partial charge on any atom is 0.248 e. The van der Waals surface area contributed by atoms with Gasteiger partial charge in [0, 0.05) is 29.7 Å². The van der Waals surface area contributed by atoms with Crippen LogP contribution in [0, 0.1) is 5.82 Å². The molecule has 33 heavy (non-hydrogen) atoms. The summed E-state index contributed by atoms with van der Waals surface area (Å²) >= 11 is 0. The molecule has 0 atom stereocenters. The molecule has 0 aliphatic carbocycles. The topological polar surface area (TPSA) is 85.0 Å². The van der Waals surface area contributed by atoms with E-state index in [2.05, 4.69) is 15.4 Å². The predicted octanol–water partition coefficient (Wildman–Crippen LogP) is 4.92. The van der Waals surface area contributed by atoms with Crippen molar-refractivity contribution in [2.24, 2.45) is 0 Å². The van der Waals surface area contributed by atoms with Gasteiger partial charge in [-0.2, -0.15) is 9.83 Å². The summed E-state index contributed by atoms with van der Waals surface area (Å²) in [6, 6.07) is 20.2. The molecule has 2 N–H and O–H groups in total. The highest BCUT2D eigenvalue weighted by Gasteiger charge is 2.13. The molecule has 0 bridgehead atoms. The van der Waals surface area contributed by atoms with Crippen molar-refractivity contribution in [3.05, 3.63) is 103 Å². The first-order valence-electron chi connectivity index (χ1n) is 10.1. The molecular weight excluding hydrogens is 421 g/mol. The first-order chi connectivity index (χ1) is 16.1. The Morgan fingerprint density at radius 1 is 1.03 bits per heavy atom. The van der Waals surface area contributed by atoms with Crippen molar-refractivity contribution in [2.45, 2.75) is 0 Å². The highest BCUT2D eigenvalue weighted by Crippen LogP contribution is 2.26. The second-order valence-corrected chi connectivity index (χ2v) is 7.32. The number of amides is 1. The Morgan fingerprint density at radius 2 is 1.82 bits per heavy atom. The maximum absolute atomic E-state index is 13.0. The number of nitrogens with one attached hydrogen (secondary N) is 1.